The van der Waals surface area contributed by atoms with Crippen LogP contribution in [0.15, 0.2) is 18.2 Å². The highest BCUT2D eigenvalue weighted by Crippen LogP contribution is 2.21. The first-order chi connectivity index (χ1) is 9.97. The van der Waals surface area contributed by atoms with Crippen LogP contribution in [0.5, 0.6) is 0 Å². The van der Waals surface area contributed by atoms with Crippen molar-refractivity contribution in [2.24, 2.45) is 5.92 Å². The summed E-state index contributed by atoms with van der Waals surface area (Å²) >= 11 is 0. The fourth-order valence-electron chi connectivity index (χ4n) is 2.31. The number of nitrogens with zero attached hydrogens (tertiary/aromatic N) is 1. The summed E-state index contributed by atoms with van der Waals surface area (Å²) in [5.74, 6) is 0.701. The molecule has 0 saturated heterocycles. The third-order valence-corrected chi connectivity index (χ3v) is 3.48. The van der Waals surface area contributed by atoms with Gasteiger partial charge in [0, 0.05) is 25.8 Å². The molecule has 21 heavy (non-hydrogen) atoms. The number of aryl methyl sites for hydroxylation is 1. The van der Waals surface area contributed by atoms with Gasteiger partial charge < -0.3 is 15.5 Å². The zero-order valence-corrected chi connectivity index (χ0v) is 14.0. The predicted octanol–water partition coefficient (Wildman–Crippen LogP) is 2.31. The van der Waals surface area contributed by atoms with E-state index in [-0.39, 0.29) is 5.91 Å². The molecule has 0 spiro atoms. The summed E-state index contributed by atoms with van der Waals surface area (Å²) in [6.07, 6.45) is 0. The van der Waals surface area contributed by atoms with Crippen LogP contribution in [0.1, 0.15) is 31.9 Å². The van der Waals surface area contributed by atoms with Gasteiger partial charge in [-0.25, -0.2) is 0 Å². The molecule has 0 radical (unpaired) electrons. The van der Waals surface area contributed by atoms with E-state index in [1.165, 1.54) is 11.1 Å². The molecule has 1 amide bonds. The monoisotopic (exact) mass is 291 g/mol. The number of anilines is 1. The van der Waals surface area contributed by atoms with Gasteiger partial charge in [0.25, 0.3) is 0 Å². The first-order valence-corrected chi connectivity index (χ1v) is 7.73. The summed E-state index contributed by atoms with van der Waals surface area (Å²) in [7, 11) is 1.67. The summed E-state index contributed by atoms with van der Waals surface area (Å²) in [5, 5.41) is 6.13. The first-order valence-electron chi connectivity index (χ1n) is 7.73. The first kappa shape index (κ1) is 17.5. The Morgan fingerprint density at radius 2 is 2.05 bits per heavy atom. The van der Waals surface area contributed by atoms with Gasteiger partial charge in [0.15, 0.2) is 0 Å². The standard InChI is InChI=1S/C17H29N3O/c1-6-20(12-17(21)18-5)16-8-7-15(9-14(16)4)11-19-10-13(2)3/h7-9,13,19H,6,10-12H2,1-5H3,(H,18,21). The molecule has 1 rings (SSSR count). The smallest absolute Gasteiger partial charge is 0.239 e. The molecular formula is C17H29N3O. The lowest BCUT2D eigenvalue weighted by molar-refractivity contribution is -0.119. The van der Waals surface area contributed by atoms with Crippen molar-refractivity contribution in [2.45, 2.75) is 34.2 Å². The molecule has 0 fully saturated rings. The molecule has 0 heterocycles. The summed E-state index contributed by atoms with van der Waals surface area (Å²) < 4.78 is 0. The van der Waals surface area contributed by atoms with Crippen LogP contribution in [-0.2, 0) is 11.3 Å². The van der Waals surface area contributed by atoms with Crippen LogP contribution >= 0.6 is 0 Å². The van der Waals surface area contributed by atoms with Crippen molar-refractivity contribution in [1.82, 2.24) is 10.6 Å². The van der Waals surface area contributed by atoms with E-state index in [1.54, 1.807) is 7.05 Å². The van der Waals surface area contributed by atoms with Crippen LogP contribution in [0.3, 0.4) is 0 Å². The zero-order valence-electron chi connectivity index (χ0n) is 14.0. The molecule has 0 aromatic heterocycles. The van der Waals surface area contributed by atoms with Crippen molar-refractivity contribution in [3.8, 4) is 0 Å². The molecule has 0 aliphatic rings. The van der Waals surface area contributed by atoms with Gasteiger partial charge in [0.05, 0.1) is 6.54 Å². The maximum absolute atomic E-state index is 11.6. The topological polar surface area (TPSA) is 44.4 Å². The minimum atomic E-state index is 0.0407. The van der Waals surface area contributed by atoms with E-state index in [0.717, 1.165) is 25.3 Å². The third-order valence-electron chi connectivity index (χ3n) is 3.48. The van der Waals surface area contributed by atoms with Gasteiger partial charge in [0.1, 0.15) is 0 Å². The number of amides is 1. The lowest BCUT2D eigenvalue weighted by Gasteiger charge is -2.24. The third kappa shape index (κ3) is 5.76. The number of carbonyl (C=O) groups is 1. The second-order valence-corrected chi connectivity index (χ2v) is 5.83. The highest BCUT2D eigenvalue weighted by molar-refractivity contribution is 5.81. The molecule has 0 bridgehead atoms. The summed E-state index contributed by atoms with van der Waals surface area (Å²) in [5.41, 5.74) is 3.63. The molecule has 1 aromatic rings. The van der Waals surface area contributed by atoms with E-state index in [9.17, 15) is 4.79 Å². The van der Waals surface area contributed by atoms with Gasteiger partial charge >= 0.3 is 0 Å². The van der Waals surface area contributed by atoms with Gasteiger partial charge in [-0.15, -0.1) is 0 Å². The number of rotatable bonds is 8. The number of hydrogen-bond acceptors (Lipinski definition) is 3. The highest BCUT2D eigenvalue weighted by Gasteiger charge is 2.11. The molecule has 0 unspecified atom stereocenters. The molecule has 4 nitrogen and oxygen atoms in total. The highest BCUT2D eigenvalue weighted by atomic mass is 16.1. The van der Waals surface area contributed by atoms with Crippen LogP contribution in [0.4, 0.5) is 5.69 Å². The normalized spacial score (nSPS) is 10.8. The van der Waals surface area contributed by atoms with E-state index in [4.69, 9.17) is 0 Å². The summed E-state index contributed by atoms with van der Waals surface area (Å²) in [4.78, 5) is 13.7. The molecule has 2 N–H and O–H groups in total. The quantitative estimate of drug-likeness (QED) is 0.772. The number of likely N-dealkylation sites (N-methyl/N-ethyl adjacent to an activating group) is 2. The molecule has 1 aromatic carbocycles. The van der Waals surface area contributed by atoms with E-state index >= 15 is 0 Å². The Morgan fingerprint density at radius 3 is 2.57 bits per heavy atom. The van der Waals surface area contributed by atoms with Crippen LogP contribution in [-0.4, -0.2) is 32.6 Å². The average molecular weight is 291 g/mol. The average Bonchev–Trinajstić information content (AvgIpc) is 2.44. The lowest BCUT2D eigenvalue weighted by atomic mass is 10.1. The van der Waals surface area contributed by atoms with Crippen molar-refractivity contribution < 1.29 is 4.79 Å². The van der Waals surface area contributed by atoms with Crippen molar-refractivity contribution in [3.63, 3.8) is 0 Å². The number of carbonyl (C=O) groups excluding carboxylic acids is 1. The predicted molar refractivity (Wildman–Crippen MR) is 89.7 cm³/mol. The number of benzene rings is 1. The Bertz CT molecular complexity index is 457. The fourth-order valence-corrected chi connectivity index (χ4v) is 2.31. The van der Waals surface area contributed by atoms with E-state index < -0.39 is 0 Å². The van der Waals surface area contributed by atoms with Crippen LogP contribution in [0.25, 0.3) is 0 Å². The minimum Gasteiger partial charge on any atom is -0.362 e. The van der Waals surface area contributed by atoms with Gasteiger partial charge in [0.2, 0.25) is 5.91 Å². The van der Waals surface area contributed by atoms with Crippen molar-refractivity contribution in [2.75, 3.05) is 31.6 Å². The Morgan fingerprint density at radius 1 is 1.33 bits per heavy atom. The number of hydrogen-bond donors (Lipinski definition) is 2. The van der Waals surface area contributed by atoms with E-state index in [2.05, 4.69) is 61.4 Å². The van der Waals surface area contributed by atoms with Crippen LogP contribution in [0.2, 0.25) is 0 Å². The van der Waals surface area contributed by atoms with Crippen LogP contribution < -0.4 is 15.5 Å². The van der Waals surface area contributed by atoms with Crippen molar-refractivity contribution in [1.29, 1.82) is 0 Å². The van der Waals surface area contributed by atoms with Gasteiger partial charge in [-0.05, 0) is 43.5 Å². The zero-order chi connectivity index (χ0) is 15.8. The minimum absolute atomic E-state index is 0.0407. The molecule has 0 aliphatic heterocycles. The Balaban J connectivity index is 2.73. The van der Waals surface area contributed by atoms with Gasteiger partial charge in [-0.1, -0.05) is 26.0 Å². The van der Waals surface area contributed by atoms with E-state index in [1.807, 2.05) is 0 Å². The molecule has 0 atom stereocenters. The van der Waals surface area contributed by atoms with E-state index in [0.29, 0.717) is 12.5 Å². The Kier molecular flexibility index (Phi) is 7.23. The summed E-state index contributed by atoms with van der Waals surface area (Å²) in [6.45, 7) is 11.7. The molecule has 4 heteroatoms. The fraction of sp³-hybridized carbons (Fsp3) is 0.588. The second kappa shape index (κ2) is 8.67. The SMILES string of the molecule is CCN(CC(=O)NC)c1ccc(CNCC(C)C)cc1C. The van der Waals surface area contributed by atoms with Crippen molar-refractivity contribution >= 4 is 11.6 Å². The number of nitrogens with one attached hydrogen (secondary N) is 2. The largest absolute Gasteiger partial charge is 0.362 e. The molecule has 118 valence electrons. The lowest BCUT2D eigenvalue weighted by Crippen LogP contribution is -2.35. The van der Waals surface area contributed by atoms with Crippen molar-refractivity contribution in [3.05, 3.63) is 29.3 Å². The second-order valence-electron chi connectivity index (χ2n) is 5.83. The maximum Gasteiger partial charge on any atom is 0.239 e. The Hall–Kier alpha value is -1.55. The molecular weight excluding hydrogens is 262 g/mol. The maximum atomic E-state index is 11.6. The molecule has 0 aliphatic carbocycles. The van der Waals surface area contributed by atoms with Gasteiger partial charge in [-0.3, -0.25) is 4.79 Å². The van der Waals surface area contributed by atoms with Crippen LogP contribution in [0, 0.1) is 12.8 Å². The Labute approximate surface area is 128 Å². The summed E-state index contributed by atoms with van der Waals surface area (Å²) in [6, 6.07) is 6.46. The molecule has 0 saturated carbocycles. The van der Waals surface area contributed by atoms with Gasteiger partial charge in [-0.2, -0.15) is 0 Å².